The number of benzene rings is 10. The lowest BCUT2D eigenvalue weighted by Crippen LogP contribution is -1.95. The van der Waals surface area contributed by atoms with Crippen LogP contribution in [0.15, 0.2) is 206 Å². The van der Waals surface area contributed by atoms with Crippen molar-refractivity contribution in [1.29, 1.82) is 0 Å². The van der Waals surface area contributed by atoms with Crippen molar-refractivity contribution in [2.75, 3.05) is 0 Å². The van der Waals surface area contributed by atoms with Gasteiger partial charge in [-0.25, -0.2) is 0 Å². The summed E-state index contributed by atoms with van der Waals surface area (Å²) in [5.41, 5.74) is 12.5. The molecule has 0 heterocycles. The first-order chi connectivity index (χ1) is 25.8. The van der Waals surface area contributed by atoms with Gasteiger partial charge in [0.15, 0.2) is 0 Å². The van der Waals surface area contributed by atoms with Gasteiger partial charge in [-0.15, -0.1) is 0 Å². The first-order valence-electron chi connectivity index (χ1n) is 18.0. The van der Waals surface area contributed by atoms with Crippen LogP contribution in [-0.2, 0) is 0 Å². The highest BCUT2D eigenvalue weighted by atomic mass is 14.3. The van der Waals surface area contributed by atoms with Gasteiger partial charge in [-0.05, 0) is 98.7 Å². The van der Waals surface area contributed by atoms with Crippen molar-refractivity contribution in [3.8, 4) is 55.6 Å². The Morgan fingerprint density at radius 2 is 0.442 bits per heavy atom. The van der Waals surface area contributed by atoms with Gasteiger partial charge in [0.05, 0.1) is 0 Å². The molecular formula is C52H34. The van der Waals surface area contributed by atoms with E-state index in [-0.39, 0.29) is 0 Å². The van der Waals surface area contributed by atoms with Crippen LogP contribution in [0.2, 0.25) is 0 Å². The van der Waals surface area contributed by atoms with Gasteiger partial charge in [-0.1, -0.05) is 206 Å². The molecule has 0 bridgehead atoms. The summed E-state index contributed by atoms with van der Waals surface area (Å²) < 4.78 is 0. The van der Waals surface area contributed by atoms with Gasteiger partial charge in [0.1, 0.15) is 0 Å². The Morgan fingerprint density at radius 1 is 0.154 bits per heavy atom. The molecule has 0 atom stereocenters. The zero-order valence-electron chi connectivity index (χ0n) is 28.6. The van der Waals surface area contributed by atoms with Crippen LogP contribution in [-0.4, -0.2) is 0 Å². The van der Waals surface area contributed by atoms with Gasteiger partial charge in [0.2, 0.25) is 0 Å². The van der Waals surface area contributed by atoms with E-state index in [0.29, 0.717) is 0 Å². The summed E-state index contributed by atoms with van der Waals surface area (Å²) in [5.74, 6) is 0. The van der Waals surface area contributed by atoms with E-state index < -0.39 is 0 Å². The van der Waals surface area contributed by atoms with Gasteiger partial charge >= 0.3 is 0 Å². The summed E-state index contributed by atoms with van der Waals surface area (Å²) in [6, 6.07) is 75.4. The molecule has 10 rings (SSSR count). The van der Waals surface area contributed by atoms with Crippen LogP contribution < -0.4 is 0 Å². The Bertz CT molecular complexity index is 2800. The van der Waals surface area contributed by atoms with Gasteiger partial charge < -0.3 is 0 Å². The topological polar surface area (TPSA) is 0 Å². The van der Waals surface area contributed by atoms with Crippen LogP contribution in [0.3, 0.4) is 0 Å². The molecule has 0 fully saturated rings. The third-order valence-electron chi connectivity index (χ3n) is 10.7. The normalized spacial score (nSPS) is 11.5. The molecule has 0 unspecified atom stereocenters. The number of rotatable bonds is 5. The minimum atomic E-state index is 1.21. The van der Waals surface area contributed by atoms with Crippen molar-refractivity contribution in [2.45, 2.75) is 0 Å². The fourth-order valence-electron chi connectivity index (χ4n) is 8.43. The van der Waals surface area contributed by atoms with Crippen molar-refractivity contribution in [3.05, 3.63) is 206 Å². The van der Waals surface area contributed by atoms with Crippen molar-refractivity contribution >= 4 is 43.1 Å². The Labute approximate surface area is 303 Å². The molecule has 0 saturated heterocycles. The van der Waals surface area contributed by atoms with E-state index in [1.165, 1.54) is 98.7 Å². The standard InChI is InChI=1S/C52H34/c1-3-17-35(18-4-1)36-31-33-37(34-32-36)39-21-7-8-22-40(39)50-43-25-11-15-29-47(43)52(48-30-16-12-26-44(48)50)51-45-27-13-9-23-41(45)49(38-19-5-2-6-20-38)42-24-10-14-28-46(42)51/h1-34H. The van der Waals surface area contributed by atoms with Crippen molar-refractivity contribution in [2.24, 2.45) is 0 Å². The van der Waals surface area contributed by atoms with E-state index >= 15 is 0 Å². The van der Waals surface area contributed by atoms with Crippen molar-refractivity contribution < 1.29 is 0 Å². The third kappa shape index (κ3) is 4.84. The molecule has 0 spiro atoms. The summed E-state index contributed by atoms with van der Waals surface area (Å²) in [6.07, 6.45) is 0. The Hall–Kier alpha value is -6.76. The van der Waals surface area contributed by atoms with Gasteiger partial charge in [0, 0.05) is 0 Å². The van der Waals surface area contributed by atoms with Gasteiger partial charge in [-0.3, -0.25) is 0 Å². The summed E-state index contributed by atoms with van der Waals surface area (Å²) in [4.78, 5) is 0. The second-order valence-corrected chi connectivity index (χ2v) is 13.5. The zero-order valence-corrected chi connectivity index (χ0v) is 28.6. The minimum Gasteiger partial charge on any atom is -0.0622 e. The quantitative estimate of drug-likeness (QED) is 0.161. The number of fused-ring (bicyclic) bond motifs is 4. The fourth-order valence-corrected chi connectivity index (χ4v) is 8.43. The van der Waals surface area contributed by atoms with Crippen LogP contribution in [0.1, 0.15) is 0 Å². The lowest BCUT2D eigenvalue weighted by atomic mass is 9.80. The first-order valence-corrected chi connectivity index (χ1v) is 18.0. The second-order valence-electron chi connectivity index (χ2n) is 13.5. The minimum absolute atomic E-state index is 1.21. The maximum Gasteiger partial charge on any atom is -0.00139 e. The SMILES string of the molecule is c1ccc(-c2ccc(-c3ccccc3-c3c4ccccc4c(-c4c5ccccc5c(-c5ccccc5)c5ccccc45)c4ccccc34)cc2)cc1. The van der Waals surface area contributed by atoms with E-state index in [2.05, 4.69) is 206 Å². The van der Waals surface area contributed by atoms with Crippen LogP contribution in [0, 0.1) is 0 Å². The lowest BCUT2D eigenvalue weighted by Gasteiger charge is -2.23. The second kappa shape index (κ2) is 12.5. The average Bonchev–Trinajstić information content (AvgIpc) is 3.23. The van der Waals surface area contributed by atoms with E-state index in [1.54, 1.807) is 0 Å². The molecule has 0 radical (unpaired) electrons. The molecule has 0 aliphatic heterocycles. The highest BCUT2D eigenvalue weighted by molar-refractivity contribution is 6.30. The number of hydrogen-bond donors (Lipinski definition) is 0. The van der Waals surface area contributed by atoms with Gasteiger partial charge in [-0.2, -0.15) is 0 Å². The highest BCUT2D eigenvalue weighted by Crippen LogP contribution is 2.50. The molecule has 10 aromatic carbocycles. The molecule has 0 aromatic heterocycles. The summed E-state index contributed by atoms with van der Waals surface area (Å²) in [5, 5.41) is 10.1. The van der Waals surface area contributed by atoms with E-state index in [1.807, 2.05) is 0 Å². The molecule has 0 amide bonds. The Morgan fingerprint density at radius 3 is 0.885 bits per heavy atom. The van der Waals surface area contributed by atoms with Crippen LogP contribution in [0.5, 0.6) is 0 Å². The van der Waals surface area contributed by atoms with Crippen molar-refractivity contribution in [1.82, 2.24) is 0 Å². The molecule has 0 nitrogen and oxygen atoms in total. The molecule has 242 valence electrons. The third-order valence-corrected chi connectivity index (χ3v) is 10.7. The molecule has 0 aliphatic carbocycles. The van der Waals surface area contributed by atoms with Crippen LogP contribution in [0.25, 0.3) is 98.7 Å². The first kappa shape index (κ1) is 30.1. The summed E-state index contributed by atoms with van der Waals surface area (Å²) >= 11 is 0. The maximum atomic E-state index is 2.33. The highest BCUT2D eigenvalue weighted by Gasteiger charge is 2.23. The van der Waals surface area contributed by atoms with Crippen LogP contribution in [0.4, 0.5) is 0 Å². The largest absolute Gasteiger partial charge is 0.0622 e. The van der Waals surface area contributed by atoms with E-state index in [4.69, 9.17) is 0 Å². The predicted octanol–water partition coefficient (Wildman–Crippen LogP) is 14.6. The summed E-state index contributed by atoms with van der Waals surface area (Å²) in [7, 11) is 0. The molecule has 52 heavy (non-hydrogen) atoms. The zero-order chi connectivity index (χ0) is 34.4. The Kier molecular flexibility index (Phi) is 7.25. The number of hydrogen-bond acceptors (Lipinski definition) is 0. The maximum absolute atomic E-state index is 2.33. The van der Waals surface area contributed by atoms with Crippen molar-refractivity contribution in [3.63, 3.8) is 0 Å². The fraction of sp³-hybridized carbons (Fsp3) is 0. The molecule has 0 saturated carbocycles. The molecule has 0 heteroatoms. The predicted molar refractivity (Wildman–Crippen MR) is 224 cm³/mol. The molecule has 0 N–H and O–H groups in total. The average molecular weight is 659 g/mol. The van der Waals surface area contributed by atoms with E-state index in [0.717, 1.165) is 0 Å². The van der Waals surface area contributed by atoms with E-state index in [9.17, 15) is 0 Å². The molecular weight excluding hydrogens is 625 g/mol. The molecule has 0 aliphatic rings. The smallest absolute Gasteiger partial charge is 0.00139 e. The monoisotopic (exact) mass is 658 g/mol. The van der Waals surface area contributed by atoms with Gasteiger partial charge in [0.25, 0.3) is 0 Å². The summed E-state index contributed by atoms with van der Waals surface area (Å²) in [6.45, 7) is 0. The Balaban J connectivity index is 1.28. The lowest BCUT2D eigenvalue weighted by molar-refractivity contribution is 1.58. The molecule has 10 aromatic rings. The van der Waals surface area contributed by atoms with Crippen LogP contribution >= 0.6 is 0 Å².